The third kappa shape index (κ3) is 4.77. The number of rotatable bonds is 8. The van der Waals surface area contributed by atoms with E-state index < -0.39 is 6.04 Å². The van der Waals surface area contributed by atoms with E-state index in [1.54, 1.807) is 10.9 Å². The lowest BCUT2D eigenvalue weighted by atomic mass is 9.96. The minimum absolute atomic E-state index is 0.0245. The van der Waals surface area contributed by atoms with E-state index in [9.17, 15) is 4.79 Å². The number of carbonyl (C=O) groups is 1. The fourth-order valence-electron chi connectivity index (χ4n) is 4.35. The summed E-state index contributed by atoms with van der Waals surface area (Å²) in [5, 5.41) is 17.6. The first-order chi connectivity index (χ1) is 17.1. The Bertz CT molecular complexity index is 1510. The van der Waals surface area contributed by atoms with Crippen LogP contribution in [0.3, 0.4) is 0 Å². The van der Waals surface area contributed by atoms with Gasteiger partial charge < -0.3 is 10.3 Å². The van der Waals surface area contributed by atoms with Gasteiger partial charge in [0, 0.05) is 48.0 Å². The average molecular weight is 460 g/mol. The second-order valence-corrected chi connectivity index (χ2v) is 8.59. The zero-order chi connectivity index (χ0) is 24.2. The van der Waals surface area contributed by atoms with Crippen LogP contribution in [0.4, 0.5) is 0 Å². The van der Waals surface area contributed by atoms with E-state index in [1.165, 1.54) is 0 Å². The van der Waals surface area contributed by atoms with Crippen molar-refractivity contribution >= 4 is 16.7 Å². The molecule has 6 heteroatoms. The van der Waals surface area contributed by atoms with Gasteiger partial charge >= 0.3 is 0 Å². The third-order valence-electron chi connectivity index (χ3n) is 6.23. The molecule has 0 unspecified atom stereocenters. The maximum absolute atomic E-state index is 13.8. The highest BCUT2D eigenvalue weighted by atomic mass is 16.1. The maximum atomic E-state index is 13.8. The minimum Gasteiger partial charge on any atom is -0.360 e. The third-order valence-corrected chi connectivity index (χ3v) is 6.23. The number of nitrogens with zero attached hydrogens (tertiary/aromatic N) is 3. The van der Waals surface area contributed by atoms with E-state index in [0.29, 0.717) is 17.7 Å². The van der Waals surface area contributed by atoms with Crippen molar-refractivity contribution in [3.63, 3.8) is 0 Å². The topological polar surface area (TPSA) is 86.5 Å². The summed E-state index contributed by atoms with van der Waals surface area (Å²) in [5.41, 5.74) is 6.35. The van der Waals surface area contributed by atoms with Crippen LogP contribution in [0, 0.1) is 11.3 Å². The molecule has 0 amide bonds. The fourth-order valence-corrected chi connectivity index (χ4v) is 4.35. The van der Waals surface area contributed by atoms with Crippen LogP contribution in [0.2, 0.25) is 0 Å². The van der Waals surface area contributed by atoms with E-state index in [2.05, 4.69) is 27.5 Å². The fraction of sp³-hybridized carbons (Fsp3) is 0.138. The van der Waals surface area contributed by atoms with Crippen molar-refractivity contribution < 1.29 is 4.79 Å². The summed E-state index contributed by atoms with van der Waals surface area (Å²) in [4.78, 5) is 17.1. The quantitative estimate of drug-likeness (QED) is 0.313. The average Bonchev–Trinajstić information content (AvgIpc) is 3.53. The van der Waals surface area contributed by atoms with Gasteiger partial charge in [0.05, 0.1) is 23.9 Å². The molecule has 2 aromatic heterocycles. The lowest BCUT2D eigenvalue weighted by molar-refractivity contribution is 0.0945. The summed E-state index contributed by atoms with van der Waals surface area (Å²) in [6.07, 6.45) is 6.36. The molecule has 35 heavy (non-hydrogen) atoms. The van der Waals surface area contributed by atoms with Crippen molar-refractivity contribution in [2.24, 2.45) is 7.05 Å². The summed E-state index contributed by atoms with van der Waals surface area (Å²) in [6.45, 7) is 0.630. The molecule has 3 aromatic carbocycles. The molecule has 0 aliphatic rings. The molecule has 6 nitrogen and oxygen atoms in total. The van der Waals surface area contributed by atoms with E-state index in [0.717, 1.165) is 39.6 Å². The van der Waals surface area contributed by atoms with Gasteiger partial charge in [0.2, 0.25) is 0 Å². The number of nitrogens with one attached hydrogen (secondary N) is 2. The summed E-state index contributed by atoms with van der Waals surface area (Å²) in [5.74, 6) is 0.0245. The van der Waals surface area contributed by atoms with Crippen LogP contribution in [0.25, 0.3) is 22.0 Å². The molecule has 172 valence electrons. The Balaban J connectivity index is 1.39. The Morgan fingerprint density at radius 3 is 2.60 bits per heavy atom. The summed E-state index contributed by atoms with van der Waals surface area (Å²) >= 11 is 0. The van der Waals surface area contributed by atoms with Gasteiger partial charge in [0.25, 0.3) is 0 Å². The molecule has 0 aliphatic heterocycles. The van der Waals surface area contributed by atoms with Crippen LogP contribution < -0.4 is 5.32 Å². The SMILES string of the molecule is Cn1cc(-c2ccc3c(C(=O)[C@H](NCCc4ccc(C#N)cc4)c4ccccc4)c[nH]c3c2)cn1. The normalized spacial score (nSPS) is 11.9. The van der Waals surface area contributed by atoms with Crippen molar-refractivity contribution in [1.29, 1.82) is 5.26 Å². The summed E-state index contributed by atoms with van der Waals surface area (Å²) in [6, 6.07) is 25.1. The lowest BCUT2D eigenvalue weighted by Gasteiger charge is -2.18. The molecular formula is C29H25N5O. The molecule has 0 aliphatic carbocycles. The highest BCUT2D eigenvalue weighted by Gasteiger charge is 2.24. The zero-order valence-corrected chi connectivity index (χ0v) is 19.4. The Morgan fingerprint density at radius 1 is 1.09 bits per heavy atom. The number of aromatic nitrogens is 3. The van der Waals surface area contributed by atoms with Crippen LogP contribution in [0.5, 0.6) is 0 Å². The number of fused-ring (bicyclic) bond motifs is 1. The highest BCUT2D eigenvalue weighted by Crippen LogP contribution is 2.28. The number of carbonyl (C=O) groups excluding carboxylic acids is 1. The van der Waals surface area contributed by atoms with Gasteiger partial charge in [-0.3, -0.25) is 9.48 Å². The number of H-pyrrole nitrogens is 1. The van der Waals surface area contributed by atoms with Crippen LogP contribution in [0.1, 0.15) is 33.1 Å². The van der Waals surface area contributed by atoms with Gasteiger partial charge in [-0.2, -0.15) is 10.4 Å². The van der Waals surface area contributed by atoms with E-state index >= 15 is 0 Å². The number of hydrogen-bond acceptors (Lipinski definition) is 4. The molecular weight excluding hydrogens is 434 g/mol. The number of aryl methyl sites for hydroxylation is 1. The number of hydrogen-bond donors (Lipinski definition) is 2. The van der Waals surface area contributed by atoms with E-state index in [1.807, 2.05) is 86.2 Å². The van der Waals surface area contributed by atoms with Crippen LogP contribution in [-0.2, 0) is 13.5 Å². The standard InChI is InChI=1S/C29H25N5O/c1-34-19-24(17-33-34)23-11-12-25-26(18-32-27(25)15-23)29(35)28(22-5-3-2-4-6-22)31-14-13-20-7-9-21(16-30)10-8-20/h2-12,15,17-19,28,31-32H,13-14H2,1H3/t28-/m1/s1. The Labute approximate surface area is 203 Å². The van der Waals surface area contributed by atoms with Crippen molar-refractivity contribution in [2.45, 2.75) is 12.5 Å². The molecule has 0 bridgehead atoms. The van der Waals surface area contributed by atoms with E-state index in [-0.39, 0.29) is 5.78 Å². The zero-order valence-electron chi connectivity index (χ0n) is 19.4. The van der Waals surface area contributed by atoms with Gasteiger partial charge in [0.1, 0.15) is 0 Å². The minimum atomic E-state index is -0.466. The first-order valence-electron chi connectivity index (χ1n) is 11.5. The lowest BCUT2D eigenvalue weighted by Crippen LogP contribution is -2.30. The van der Waals surface area contributed by atoms with Gasteiger partial charge in [-0.15, -0.1) is 0 Å². The molecule has 0 radical (unpaired) electrons. The molecule has 0 fully saturated rings. The largest absolute Gasteiger partial charge is 0.360 e. The van der Waals surface area contributed by atoms with E-state index in [4.69, 9.17) is 5.26 Å². The number of ketones is 1. The van der Waals surface area contributed by atoms with Crippen molar-refractivity contribution in [3.8, 4) is 17.2 Å². The molecule has 0 saturated carbocycles. The molecule has 1 atom stereocenters. The molecule has 0 spiro atoms. The van der Waals surface area contributed by atoms with Crippen molar-refractivity contribution in [2.75, 3.05) is 6.54 Å². The molecule has 2 N–H and O–H groups in total. The van der Waals surface area contributed by atoms with Crippen LogP contribution in [0.15, 0.2) is 91.4 Å². The number of Topliss-reactive ketones (excluding diaryl/α,β-unsaturated/α-hetero) is 1. The predicted octanol–water partition coefficient (Wildman–Crippen LogP) is 5.20. The molecule has 5 aromatic rings. The van der Waals surface area contributed by atoms with Crippen molar-refractivity contribution in [3.05, 3.63) is 114 Å². The monoisotopic (exact) mass is 459 g/mol. The Morgan fingerprint density at radius 2 is 1.89 bits per heavy atom. The second-order valence-electron chi connectivity index (χ2n) is 8.59. The van der Waals surface area contributed by atoms with Gasteiger partial charge in [-0.05, 0) is 41.3 Å². The van der Waals surface area contributed by atoms with Gasteiger partial charge in [-0.1, -0.05) is 54.6 Å². The number of aromatic amines is 1. The molecule has 2 heterocycles. The summed E-state index contributed by atoms with van der Waals surface area (Å²) < 4.78 is 1.78. The number of benzene rings is 3. The van der Waals surface area contributed by atoms with Crippen LogP contribution >= 0.6 is 0 Å². The first-order valence-corrected chi connectivity index (χ1v) is 11.5. The first kappa shape index (κ1) is 22.3. The predicted molar refractivity (Wildman–Crippen MR) is 137 cm³/mol. The number of nitriles is 1. The smallest absolute Gasteiger partial charge is 0.186 e. The van der Waals surface area contributed by atoms with Gasteiger partial charge in [0.15, 0.2) is 5.78 Å². The van der Waals surface area contributed by atoms with Crippen molar-refractivity contribution in [1.82, 2.24) is 20.1 Å². The Hall–Kier alpha value is -4.47. The van der Waals surface area contributed by atoms with Gasteiger partial charge in [-0.25, -0.2) is 0 Å². The summed E-state index contributed by atoms with van der Waals surface area (Å²) in [7, 11) is 1.89. The molecule has 0 saturated heterocycles. The second kappa shape index (κ2) is 9.80. The molecule has 5 rings (SSSR count). The van der Waals surface area contributed by atoms with Crippen LogP contribution in [-0.4, -0.2) is 27.1 Å². The maximum Gasteiger partial charge on any atom is 0.186 e. The Kier molecular flexibility index (Phi) is 6.25. The highest BCUT2D eigenvalue weighted by molar-refractivity contribution is 6.11.